The fourth-order valence-corrected chi connectivity index (χ4v) is 4.28. The van der Waals surface area contributed by atoms with Gasteiger partial charge in [-0.1, -0.05) is 49.4 Å². The summed E-state index contributed by atoms with van der Waals surface area (Å²) in [5, 5.41) is 12.7. The SMILES string of the molecule is CCC(c1nnnn1Cc1ccccc1)N1CCN(c2cccc(C)c2C)CC1. The maximum absolute atomic E-state index is 4.41. The summed E-state index contributed by atoms with van der Waals surface area (Å²) in [6.45, 7) is 11.4. The zero-order chi connectivity index (χ0) is 20.2. The monoisotopic (exact) mass is 390 g/mol. The third-order valence-electron chi connectivity index (χ3n) is 6.09. The molecule has 6 nitrogen and oxygen atoms in total. The quantitative estimate of drug-likeness (QED) is 0.643. The van der Waals surface area contributed by atoms with E-state index in [1.807, 2.05) is 10.7 Å². The second-order valence-electron chi connectivity index (χ2n) is 7.85. The highest BCUT2D eigenvalue weighted by Gasteiger charge is 2.28. The van der Waals surface area contributed by atoms with E-state index in [2.05, 4.69) is 88.6 Å². The molecule has 1 aliphatic rings. The number of tetrazole rings is 1. The third-order valence-corrected chi connectivity index (χ3v) is 6.09. The van der Waals surface area contributed by atoms with E-state index in [4.69, 9.17) is 0 Å². The topological polar surface area (TPSA) is 50.1 Å². The molecule has 6 heteroatoms. The number of aryl methyl sites for hydroxylation is 1. The van der Waals surface area contributed by atoms with Gasteiger partial charge in [0.15, 0.2) is 5.82 Å². The maximum Gasteiger partial charge on any atom is 0.168 e. The lowest BCUT2D eigenvalue weighted by Gasteiger charge is -2.40. The minimum Gasteiger partial charge on any atom is -0.369 e. The second kappa shape index (κ2) is 8.74. The molecule has 0 radical (unpaired) electrons. The van der Waals surface area contributed by atoms with Crippen LogP contribution in [0.4, 0.5) is 5.69 Å². The van der Waals surface area contributed by atoms with Crippen molar-refractivity contribution in [1.29, 1.82) is 0 Å². The highest BCUT2D eigenvalue weighted by atomic mass is 15.6. The van der Waals surface area contributed by atoms with Crippen LogP contribution in [0.2, 0.25) is 0 Å². The van der Waals surface area contributed by atoms with E-state index >= 15 is 0 Å². The first-order valence-corrected chi connectivity index (χ1v) is 10.5. The van der Waals surface area contributed by atoms with Crippen LogP contribution < -0.4 is 4.90 Å². The Kier molecular flexibility index (Phi) is 5.90. The first-order valence-electron chi connectivity index (χ1n) is 10.5. The van der Waals surface area contributed by atoms with E-state index in [1.54, 1.807) is 0 Å². The molecule has 1 unspecified atom stereocenters. The minimum absolute atomic E-state index is 0.245. The second-order valence-corrected chi connectivity index (χ2v) is 7.85. The van der Waals surface area contributed by atoms with Crippen molar-refractivity contribution in [3.63, 3.8) is 0 Å². The number of benzene rings is 2. The molecule has 1 fully saturated rings. The molecule has 3 aromatic rings. The standard InChI is InChI=1S/C23H30N6/c1-4-21(23-24-25-26-29(23)17-20-10-6-5-7-11-20)27-13-15-28(16-14-27)22-12-8-9-18(2)19(22)3/h5-12,21H,4,13-17H2,1-3H3. The van der Waals surface area contributed by atoms with Crippen LogP contribution in [-0.4, -0.2) is 51.3 Å². The van der Waals surface area contributed by atoms with Crippen LogP contribution in [0.5, 0.6) is 0 Å². The maximum atomic E-state index is 4.41. The summed E-state index contributed by atoms with van der Waals surface area (Å²) < 4.78 is 1.96. The molecule has 0 aliphatic carbocycles. The van der Waals surface area contributed by atoms with Crippen LogP contribution in [0, 0.1) is 13.8 Å². The van der Waals surface area contributed by atoms with Crippen molar-refractivity contribution in [2.75, 3.05) is 31.1 Å². The van der Waals surface area contributed by atoms with Crippen LogP contribution in [0.15, 0.2) is 48.5 Å². The first kappa shape index (κ1) is 19.6. The molecule has 0 N–H and O–H groups in total. The summed E-state index contributed by atoms with van der Waals surface area (Å²) in [6, 6.07) is 17.2. The Balaban J connectivity index is 1.46. The van der Waals surface area contributed by atoms with E-state index in [9.17, 15) is 0 Å². The van der Waals surface area contributed by atoms with Crippen LogP contribution in [0.3, 0.4) is 0 Å². The van der Waals surface area contributed by atoms with Crippen molar-refractivity contribution < 1.29 is 0 Å². The van der Waals surface area contributed by atoms with Gasteiger partial charge < -0.3 is 4.90 Å². The van der Waals surface area contributed by atoms with Crippen LogP contribution in [-0.2, 0) is 6.54 Å². The lowest BCUT2D eigenvalue weighted by atomic mass is 10.1. The molecule has 2 aromatic carbocycles. The van der Waals surface area contributed by atoms with E-state index in [0.29, 0.717) is 6.54 Å². The molecule has 29 heavy (non-hydrogen) atoms. The molecule has 0 bridgehead atoms. The molecule has 4 rings (SSSR count). The molecule has 0 saturated carbocycles. The number of hydrogen-bond donors (Lipinski definition) is 0. The summed E-state index contributed by atoms with van der Waals surface area (Å²) in [5.74, 6) is 0.969. The number of piperazine rings is 1. The fraction of sp³-hybridized carbons (Fsp3) is 0.435. The predicted molar refractivity (Wildman–Crippen MR) is 116 cm³/mol. The molecule has 1 atom stereocenters. The van der Waals surface area contributed by atoms with Gasteiger partial charge in [-0.2, -0.15) is 0 Å². The van der Waals surface area contributed by atoms with Gasteiger partial charge in [0, 0.05) is 31.9 Å². The molecular weight excluding hydrogens is 360 g/mol. The average molecular weight is 391 g/mol. The van der Waals surface area contributed by atoms with Gasteiger partial charge >= 0.3 is 0 Å². The normalized spacial score (nSPS) is 16.2. The smallest absolute Gasteiger partial charge is 0.168 e. The van der Waals surface area contributed by atoms with Crippen molar-refractivity contribution >= 4 is 5.69 Å². The molecule has 1 saturated heterocycles. The van der Waals surface area contributed by atoms with E-state index in [0.717, 1.165) is 38.4 Å². The number of rotatable bonds is 6. The highest BCUT2D eigenvalue weighted by molar-refractivity contribution is 5.56. The Morgan fingerprint density at radius 1 is 0.931 bits per heavy atom. The van der Waals surface area contributed by atoms with E-state index < -0.39 is 0 Å². The fourth-order valence-electron chi connectivity index (χ4n) is 4.28. The Bertz CT molecular complexity index is 928. The van der Waals surface area contributed by atoms with Crippen molar-refractivity contribution in [2.45, 2.75) is 39.8 Å². The van der Waals surface area contributed by atoms with Gasteiger partial charge in [-0.05, 0) is 53.5 Å². The number of hydrogen-bond acceptors (Lipinski definition) is 5. The predicted octanol–water partition coefficient (Wildman–Crippen LogP) is 3.61. The van der Waals surface area contributed by atoms with E-state index in [-0.39, 0.29) is 6.04 Å². The van der Waals surface area contributed by atoms with Gasteiger partial charge in [-0.3, -0.25) is 4.90 Å². The van der Waals surface area contributed by atoms with Crippen LogP contribution in [0.25, 0.3) is 0 Å². The molecule has 1 aliphatic heterocycles. The molecule has 1 aromatic heterocycles. The summed E-state index contributed by atoms with van der Waals surface area (Å²) in [7, 11) is 0. The Hall–Kier alpha value is -2.73. The van der Waals surface area contributed by atoms with Crippen molar-refractivity contribution in [1.82, 2.24) is 25.1 Å². The average Bonchev–Trinajstić information content (AvgIpc) is 3.20. The Morgan fingerprint density at radius 3 is 2.41 bits per heavy atom. The van der Waals surface area contributed by atoms with Gasteiger partial charge in [0.2, 0.25) is 0 Å². The van der Waals surface area contributed by atoms with Crippen LogP contribution >= 0.6 is 0 Å². The summed E-state index contributed by atoms with van der Waals surface area (Å²) in [4.78, 5) is 5.05. The zero-order valence-electron chi connectivity index (χ0n) is 17.6. The van der Waals surface area contributed by atoms with Gasteiger partial charge in [0.05, 0.1) is 12.6 Å². The van der Waals surface area contributed by atoms with Gasteiger partial charge in [0.1, 0.15) is 0 Å². The molecule has 152 valence electrons. The van der Waals surface area contributed by atoms with Crippen molar-refractivity contribution in [3.8, 4) is 0 Å². The molecule has 0 spiro atoms. The van der Waals surface area contributed by atoms with Crippen LogP contribution in [0.1, 0.15) is 41.9 Å². The Labute approximate surface area is 173 Å². The Morgan fingerprint density at radius 2 is 1.69 bits per heavy atom. The van der Waals surface area contributed by atoms with Gasteiger partial charge in [-0.15, -0.1) is 5.10 Å². The minimum atomic E-state index is 0.245. The molecule has 2 heterocycles. The van der Waals surface area contributed by atoms with Crippen molar-refractivity contribution in [2.24, 2.45) is 0 Å². The summed E-state index contributed by atoms with van der Waals surface area (Å²) >= 11 is 0. The zero-order valence-corrected chi connectivity index (χ0v) is 17.6. The lowest BCUT2D eigenvalue weighted by molar-refractivity contribution is 0.169. The first-order chi connectivity index (χ1) is 14.2. The molecular formula is C23H30N6. The summed E-state index contributed by atoms with van der Waals surface area (Å²) in [6.07, 6.45) is 0.999. The van der Waals surface area contributed by atoms with Crippen molar-refractivity contribution in [3.05, 3.63) is 71.0 Å². The number of nitrogens with zero attached hydrogens (tertiary/aromatic N) is 6. The number of aromatic nitrogens is 4. The number of anilines is 1. The largest absolute Gasteiger partial charge is 0.369 e. The van der Waals surface area contributed by atoms with Gasteiger partial charge in [0.25, 0.3) is 0 Å². The third kappa shape index (κ3) is 4.17. The summed E-state index contributed by atoms with van der Waals surface area (Å²) in [5.41, 5.74) is 5.33. The van der Waals surface area contributed by atoms with E-state index in [1.165, 1.54) is 22.4 Å². The molecule has 0 amide bonds. The van der Waals surface area contributed by atoms with Gasteiger partial charge in [-0.25, -0.2) is 4.68 Å². The highest BCUT2D eigenvalue weighted by Crippen LogP contribution is 2.28. The lowest BCUT2D eigenvalue weighted by Crippen LogP contribution is -2.48.